The van der Waals surface area contributed by atoms with Crippen molar-refractivity contribution in [1.82, 2.24) is 4.90 Å². The fraction of sp³-hybridized carbons (Fsp3) is 0.625. The molecule has 0 radical (unpaired) electrons. The van der Waals surface area contributed by atoms with E-state index >= 15 is 0 Å². The van der Waals surface area contributed by atoms with Crippen molar-refractivity contribution in [3.05, 3.63) is 23.8 Å². The Morgan fingerprint density at radius 3 is 2.90 bits per heavy atom. The van der Waals surface area contributed by atoms with Crippen molar-refractivity contribution < 1.29 is 8.78 Å². The summed E-state index contributed by atoms with van der Waals surface area (Å²) in [6, 6.07) is 5.29. The van der Waals surface area contributed by atoms with E-state index in [1.54, 1.807) is 12.1 Å². The number of piperidine rings is 1. The van der Waals surface area contributed by atoms with Crippen LogP contribution in [0.2, 0.25) is 0 Å². The number of hydrogen-bond donors (Lipinski definition) is 2. The van der Waals surface area contributed by atoms with Gasteiger partial charge in [-0.05, 0) is 50.9 Å². The van der Waals surface area contributed by atoms with Gasteiger partial charge < -0.3 is 16.0 Å². The molecule has 118 valence electrons. The zero-order chi connectivity index (χ0) is 15.2. The van der Waals surface area contributed by atoms with E-state index < -0.39 is 6.43 Å². The monoisotopic (exact) mass is 297 g/mol. The molecule has 1 saturated heterocycles. The second-order valence-corrected chi connectivity index (χ2v) is 5.81. The minimum Gasteiger partial charge on any atom is -0.399 e. The molecular formula is C16H25F2N3. The first kappa shape index (κ1) is 16.0. The Hall–Kier alpha value is -1.36. The first-order valence-electron chi connectivity index (χ1n) is 7.73. The average molecular weight is 297 g/mol. The van der Waals surface area contributed by atoms with Crippen molar-refractivity contribution in [2.24, 2.45) is 0 Å². The van der Waals surface area contributed by atoms with E-state index in [1.165, 1.54) is 25.3 Å². The number of nitrogens with zero attached hydrogens (tertiary/aromatic N) is 1. The van der Waals surface area contributed by atoms with Crippen LogP contribution in [-0.2, 0) is 0 Å². The number of nitrogens with two attached hydrogens (primary N) is 1. The third kappa shape index (κ3) is 4.56. The third-order valence-corrected chi connectivity index (χ3v) is 4.19. The minimum absolute atomic E-state index is 0.0126. The lowest BCUT2D eigenvalue weighted by molar-refractivity contribution is 0.152. The largest absolute Gasteiger partial charge is 0.399 e. The topological polar surface area (TPSA) is 41.3 Å². The summed E-state index contributed by atoms with van der Waals surface area (Å²) in [5.74, 6) is 0. The number of nitrogens with one attached hydrogen (secondary N) is 1. The van der Waals surface area contributed by atoms with Crippen LogP contribution in [0.15, 0.2) is 18.2 Å². The lowest BCUT2D eigenvalue weighted by Crippen LogP contribution is -2.38. The predicted octanol–water partition coefficient (Wildman–Crippen LogP) is 3.88. The Morgan fingerprint density at radius 1 is 1.38 bits per heavy atom. The van der Waals surface area contributed by atoms with Crippen LogP contribution in [0, 0.1) is 0 Å². The maximum Gasteiger partial charge on any atom is 0.265 e. The Balaban J connectivity index is 1.80. The Bertz CT molecular complexity index is 451. The van der Waals surface area contributed by atoms with E-state index in [4.69, 9.17) is 5.73 Å². The van der Waals surface area contributed by atoms with Gasteiger partial charge in [-0.3, -0.25) is 0 Å². The fourth-order valence-corrected chi connectivity index (χ4v) is 2.92. The molecule has 0 aliphatic carbocycles. The van der Waals surface area contributed by atoms with Crippen LogP contribution < -0.4 is 11.1 Å². The van der Waals surface area contributed by atoms with E-state index in [0.29, 0.717) is 24.0 Å². The normalized spacial score (nSPS) is 19.9. The lowest BCUT2D eigenvalue weighted by Gasteiger charge is -2.33. The molecule has 1 aliphatic heterocycles. The number of halogens is 2. The lowest BCUT2D eigenvalue weighted by atomic mass is 10.0. The molecule has 0 saturated carbocycles. The first-order valence-corrected chi connectivity index (χ1v) is 7.73. The van der Waals surface area contributed by atoms with Crippen molar-refractivity contribution in [1.29, 1.82) is 0 Å². The predicted molar refractivity (Wildman–Crippen MR) is 83.8 cm³/mol. The molecule has 1 aromatic carbocycles. The van der Waals surface area contributed by atoms with Gasteiger partial charge in [0, 0.05) is 36.1 Å². The van der Waals surface area contributed by atoms with Crippen molar-refractivity contribution in [3.63, 3.8) is 0 Å². The fourth-order valence-electron chi connectivity index (χ4n) is 2.92. The summed E-state index contributed by atoms with van der Waals surface area (Å²) < 4.78 is 25.9. The third-order valence-electron chi connectivity index (χ3n) is 4.19. The highest BCUT2D eigenvalue weighted by Gasteiger charge is 2.17. The molecule has 1 aromatic rings. The summed E-state index contributed by atoms with van der Waals surface area (Å²) in [5.41, 5.74) is 6.42. The first-order chi connectivity index (χ1) is 10.1. The highest BCUT2D eigenvalue weighted by Crippen LogP contribution is 2.28. The highest BCUT2D eigenvalue weighted by molar-refractivity contribution is 5.58. The molecule has 0 bridgehead atoms. The van der Waals surface area contributed by atoms with Crippen molar-refractivity contribution in [2.45, 2.75) is 45.1 Å². The number of nitrogen functional groups attached to an aromatic ring is 1. The van der Waals surface area contributed by atoms with Gasteiger partial charge in [-0.2, -0.15) is 0 Å². The molecular weight excluding hydrogens is 272 g/mol. The standard InChI is InChI=1S/C16H25F2N3/c1-12-5-2-3-9-21(12)10-4-8-20-15-7-6-13(19)11-14(15)16(17)18/h6-7,11-12,16,20H,2-5,8-10,19H2,1H3. The molecule has 0 spiro atoms. The van der Waals surface area contributed by atoms with Crippen molar-refractivity contribution in [2.75, 3.05) is 30.7 Å². The smallest absolute Gasteiger partial charge is 0.265 e. The molecule has 21 heavy (non-hydrogen) atoms. The summed E-state index contributed by atoms with van der Waals surface area (Å²) in [4.78, 5) is 2.49. The Morgan fingerprint density at radius 2 is 2.19 bits per heavy atom. The van der Waals surface area contributed by atoms with E-state index in [9.17, 15) is 8.78 Å². The molecule has 1 aliphatic rings. The second-order valence-electron chi connectivity index (χ2n) is 5.81. The Labute approximate surface area is 125 Å². The maximum atomic E-state index is 13.0. The van der Waals surface area contributed by atoms with E-state index in [-0.39, 0.29) is 5.56 Å². The molecule has 1 fully saturated rings. The molecule has 5 heteroatoms. The summed E-state index contributed by atoms with van der Waals surface area (Å²) >= 11 is 0. The van der Waals surface area contributed by atoms with E-state index in [0.717, 1.165) is 19.5 Å². The molecule has 1 heterocycles. The van der Waals surface area contributed by atoms with Gasteiger partial charge in [0.15, 0.2) is 0 Å². The van der Waals surface area contributed by atoms with Crippen molar-refractivity contribution in [3.8, 4) is 0 Å². The zero-order valence-corrected chi connectivity index (χ0v) is 12.6. The molecule has 3 nitrogen and oxygen atoms in total. The molecule has 1 unspecified atom stereocenters. The van der Waals surface area contributed by atoms with Gasteiger partial charge in [0.2, 0.25) is 0 Å². The van der Waals surface area contributed by atoms with Crippen LogP contribution in [0.3, 0.4) is 0 Å². The van der Waals surface area contributed by atoms with Crippen LogP contribution in [-0.4, -0.2) is 30.6 Å². The van der Waals surface area contributed by atoms with Gasteiger partial charge in [-0.15, -0.1) is 0 Å². The summed E-state index contributed by atoms with van der Waals surface area (Å²) in [6.45, 7) is 5.15. The van der Waals surface area contributed by atoms with E-state index in [1.807, 2.05) is 0 Å². The van der Waals surface area contributed by atoms with Gasteiger partial charge in [0.05, 0.1) is 0 Å². The number of hydrogen-bond acceptors (Lipinski definition) is 3. The maximum absolute atomic E-state index is 13.0. The minimum atomic E-state index is -2.50. The van der Waals surface area contributed by atoms with Crippen LogP contribution in [0.1, 0.15) is 44.6 Å². The Kier molecular flexibility index (Phi) is 5.79. The number of benzene rings is 1. The van der Waals surface area contributed by atoms with Crippen LogP contribution in [0.4, 0.5) is 20.2 Å². The van der Waals surface area contributed by atoms with Gasteiger partial charge in [-0.25, -0.2) is 8.78 Å². The molecule has 3 N–H and O–H groups in total. The quantitative estimate of drug-likeness (QED) is 0.618. The number of likely N-dealkylation sites (tertiary alicyclic amines) is 1. The SMILES string of the molecule is CC1CCCCN1CCCNc1ccc(N)cc1C(F)F. The number of anilines is 2. The summed E-state index contributed by atoms with van der Waals surface area (Å²) in [5, 5.41) is 3.11. The molecule has 1 atom stereocenters. The zero-order valence-electron chi connectivity index (χ0n) is 12.6. The highest BCUT2D eigenvalue weighted by atomic mass is 19.3. The van der Waals surface area contributed by atoms with Gasteiger partial charge in [0.1, 0.15) is 0 Å². The second kappa shape index (κ2) is 7.59. The molecule has 2 rings (SSSR count). The van der Waals surface area contributed by atoms with E-state index in [2.05, 4.69) is 17.1 Å². The number of alkyl halides is 2. The summed E-state index contributed by atoms with van der Waals surface area (Å²) in [7, 11) is 0. The number of rotatable bonds is 6. The van der Waals surface area contributed by atoms with Crippen LogP contribution >= 0.6 is 0 Å². The van der Waals surface area contributed by atoms with Gasteiger partial charge in [-0.1, -0.05) is 6.42 Å². The van der Waals surface area contributed by atoms with Gasteiger partial charge in [0.25, 0.3) is 6.43 Å². The van der Waals surface area contributed by atoms with Gasteiger partial charge >= 0.3 is 0 Å². The van der Waals surface area contributed by atoms with Crippen LogP contribution in [0.5, 0.6) is 0 Å². The van der Waals surface area contributed by atoms with Crippen molar-refractivity contribution >= 4 is 11.4 Å². The summed E-state index contributed by atoms with van der Waals surface area (Å²) in [6.07, 6.45) is 2.31. The van der Waals surface area contributed by atoms with Crippen LogP contribution in [0.25, 0.3) is 0 Å². The molecule has 0 amide bonds. The average Bonchev–Trinajstić information content (AvgIpc) is 2.46. The molecule has 0 aromatic heterocycles.